The number of rotatable bonds is 4. The molecule has 2 unspecified atom stereocenters. The van der Waals surface area contributed by atoms with Crippen LogP contribution in [0.25, 0.3) is 0 Å². The van der Waals surface area contributed by atoms with E-state index in [2.05, 4.69) is 0 Å². The van der Waals surface area contributed by atoms with Gasteiger partial charge in [0.15, 0.2) is 6.10 Å². The van der Waals surface area contributed by atoms with E-state index in [1.54, 1.807) is 6.07 Å². The molecule has 4 fully saturated rings. The lowest BCUT2D eigenvalue weighted by Gasteiger charge is -2.40. The van der Waals surface area contributed by atoms with Gasteiger partial charge >= 0.3 is 12.1 Å². The highest BCUT2D eigenvalue weighted by atomic mass is 19.4. The number of esters is 1. The Balaban J connectivity index is 1.66. The first-order valence-corrected chi connectivity index (χ1v) is 8.91. The number of halogens is 3. The molecule has 5 rings (SSSR count). The third kappa shape index (κ3) is 2.46. The Morgan fingerprint density at radius 3 is 2.15 bits per heavy atom. The van der Waals surface area contributed by atoms with Crippen LogP contribution in [0, 0.1) is 11.8 Å². The smallest absolute Gasteiger partial charge is 0.432 e. The van der Waals surface area contributed by atoms with Crippen molar-refractivity contribution >= 4 is 5.97 Å². The summed E-state index contributed by atoms with van der Waals surface area (Å²) in [5.41, 5.74) is -3.54. The number of hydrogen-bond donors (Lipinski definition) is 0. The molecule has 0 aromatic heterocycles. The van der Waals surface area contributed by atoms with Crippen LogP contribution in [0.2, 0.25) is 0 Å². The van der Waals surface area contributed by atoms with Gasteiger partial charge in [-0.25, -0.2) is 4.79 Å². The second kappa shape index (κ2) is 6.18. The zero-order chi connectivity index (χ0) is 19.6. The van der Waals surface area contributed by atoms with E-state index in [-0.39, 0.29) is 29.6 Å². The van der Waals surface area contributed by atoms with Crippen LogP contribution >= 0.6 is 0 Å². The molecule has 4 aliphatic heterocycles. The first-order chi connectivity index (χ1) is 12.7. The van der Waals surface area contributed by atoms with Crippen LogP contribution in [0.3, 0.4) is 0 Å². The topological polar surface area (TPSA) is 54.0 Å². The lowest BCUT2D eigenvalue weighted by Crippen LogP contribution is -2.56. The predicted octanol–water partition coefficient (Wildman–Crippen LogP) is 2.82. The van der Waals surface area contributed by atoms with E-state index in [0.29, 0.717) is 0 Å². The summed E-state index contributed by atoms with van der Waals surface area (Å²) in [5.74, 6) is -1.47. The Morgan fingerprint density at radius 1 is 0.963 bits per heavy atom. The summed E-state index contributed by atoms with van der Waals surface area (Å²) >= 11 is 0. The summed E-state index contributed by atoms with van der Waals surface area (Å²) < 4.78 is 64.0. The number of carbonyl (C=O) groups is 1. The van der Waals surface area contributed by atoms with Gasteiger partial charge in [0.1, 0.15) is 12.2 Å². The SMILES string of the molecule is CO[C@@](C(=O)O[C@H]1[C@H]2O[C@@H]3C(C)[C@H]1O[C@H]2C3C)(c1ccccc1)C(F)(F)F. The van der Waals surface area contributed by atoms with Gasteiger partial charge in [-0.2, -0.15) is 13.2 Å². The fourth-order valence-corrected chi connectivity index (χ4v) is 4.72. The van der Waals surface area contributed by atoms with Gasteiger partial charge in [0.2, 0.25) is 0 Å². The first-order valence-electron chi connectivity index (χ1n) is 8.91. The number of benzene rings is 1. The average Bonchev–Trinajstić information content (AvgIpc) is 3.04. The molecule has 8 atom stereocenters. The maximum Gasteiger partial charge on any atom is 0.432 e. The van der Waals surface area contributed by atoms with E-state index in [4.69, 9.17) is 18.9 Å². The number of methoxy groups -OCH3 is 1. The summed E-state index contributed by atoms with van der Waals surface area (Å²) in [6, 6.07) is 6.78. The van der Waals surface area contributed by atoms with Gasteiger partial charge in [0.05, 0.1) is 12.2 Å². The zero-order valence-electron chi connectivity index (χ0n) is 15.1. The molecule has 1 aromatic rings. The van der Waals surface area contributed by atoms with E-state index in [1.807, 2.05) is 13.8 Å². The van der Waals surface area contributed by atoms with E-state index in [1.165, 1.54) is 24.3 Å². The Hall–Kier alpha value is -1.64. The molecule has 1 aromatic carbocycles. The second-order valence-corrected chi connectivity index (χ2v) is 7.47. The Bertz CT molecular complexity index is 720. The number of carbonyl (C=O) groups excluding carboxylic acids is 1. The minimum Gasteiger partial charge on any atom is -0.454 e. The van der Waals surface area contributed by atoms with Crippen molar-refractivity contribution in [3.8, 4) is 0 Å². The van der Waals surface area contributed by atoms with Crippen molar-refractivity contribution in [2.24, 2.45) is 11.8 Å². The van der Waals surface area contributed by atoms with Crippen molar-refractivity contribution in [1.82, 2.24) is 0 Å². The van der Waals surface area contributed by atoms with Crippen LogP contribution in [0.15, 0.2) is 30.3 Å². The average molecular weight is 386 g/mol. The maximum atomic E-state index is 14.0. The van der Waals surface area contributed by atoms with Crippen LogP contribution < -0.4 is 0 Å². The molecule has 0 spiro atoms. The van der Waals surface area contributed by atoms with Gasteiger partial charge in [0, 0.05) is 24.5 Å². The summed E-state index contributed by atoms with van der Waals surface area (Å²) in [4.78, 5) is 12.9. The van der Waals surface area contributed by atoms with Crippen LogP contribution in [-0.2, 0) is 29.3 Å². The lowest BCUT2D eigenvalue weighted by atomic mass is 9.87. The van der Waals surface area contributed by atoms with E-state index in [9.17, 15) is 18.0 Å². The highest BCUT2D eigenvalue weighted by Crippen LogP contribution is 2.52. The molecule has 0 aliphatic carbocycles. The largest absolute Gasteiger partial charge is 0.454 e. The van der Waals surface area contributed by atoms with Gasteiger partial charge in [0.25, 0.3) is 5.60 Å². The van der Waals surface area contributed by atoms with Crippen molar-refractivity contribution in [2.45, 2.75) is 56.1 Å². The van der Waals surface area contributed by atoms with Gasteiger partial charge in [-0.1, -0.05) is 44.2 Å². The standard InChI is InChI=1S/C19H21F3O5/c1-9-12-10(2)14-16(15(25-12)13(9)26-14)27-17(23)18(24-3,19(20,21)22)11-7-5-4-6-8-11/h4-10,12-16H,1-3H3/t9?,10?,12-,13-,14+,15-,16+,18+/m0/s1. The Morgan fingerprint density at radius 2 is 1.56 bits per heavy atom. The van der Waals surface area contributed by atoms with Crippen LogP contribution in [-0.4, -0.2) is 49.8 Å². The van der Waals surface area contributed by atoms with Crippen LogP contribution in [0.4, 0.5) is 13.2 Å². The summed E-state index contributed by atoms with van der Waals surface area (Å²) in [6.07, 6.45) is -7.21. The molecular formula is C19H21F3O5. The van der Waals surface area contributed by atoms with Crippen LogP contribution in [0.5, 0.6) is 0 Å². The third-order valence-corrected chi connectivity index (χ3v) is 6.09. The molecule has 0 amide bonds. The highest BCUT2D eigenvalue weighted by molar-refractivity contribution is 5.83. The zero-order valence-corrected chi connectivity index (χ0v) is 15.1. The molecule has 8 heteroatoms. The molecule has 4 saturated heterocycles. The van der Waals surface area contributed by atoms with Crippen molar-refractivity contribution in [3.63, 3.8) is 0 Å². The van der Waals surface area contributed by atoms with E-state index >= 15 is 0 Å². The molecule has 0 N–H and O–H groups in total. The monoisotopic (exact) mass is 386 g/mol. The molecule has 4 aliphatic rings. The number of alkyl halides is 3. The fraction of sp³-hybridized carbons (Fsp3) is 0.632. The molecule has 0 saturated carbocycles. The highest BCUT2D eigenvalue weighted by Gasteiger charge is 2.68. The summed E-state index contributed by atoms with van der Waals surface area (Å²) in [7, 11) is 0.853. The molecule has 4 bridgehead atoms. The second-order valence-electron chi connectivity index (χ2n) is 7.47. The minimum atomic E-state index is -5.00. The van der Waals surface area contributed by atoms with Gasteiger partial charge in [-0.15, -0.1) is 0 Å². The van der Waals surface area contributed by atoms with E-state index < -0.39 is 36.1 Å². The van der Waals surface area contributed by atoms with Gasteiger partial charge < -0.3 is 18.9 Å². The first kappa shape index (κ1) is 18.7. The fourth-order valence-electron chi connectivity index (χ4n) is 4.72. The van der Waals surface area contributed by atoms with E-state index in [0.717, 1.165) is 7.11 Å². The van der Waals surface area contributed by atoms with Gasteiger partial charge in [-0.05, 0) is 0 Å². The van der Waals surface area contributed by atoms with Crippen molar-refractivity contribution in [3.05, 3.63) is 35.9 Å². The quantitative estimate of drug-likeness (QED) is 0.745. The van der Waals surface area contributed by atoms with Crippen molar-refractivity contribution in [2.75, 3.05) is 7.11 Å². The molecule has 0 radical (unpaired) electrons. The van der Waals surface area contributed by atoms with Crippen molar-refractivity contribution < 1.29 is 36.9 Å². The minimum absolute atomic E-state index is 0.0300. The Kier molecular flexibility index (Phi) is 4.29. The predicted molar refractivity (Wildman–Crippen MR) is 86.7 cm³/mol. The molecule has 5 nitrogen and oxygen atoms in total. The summed E-state index contributed by atoms with van der Waals surface area (Å²) in [6.45, 7) is 3.88. The molecule has 27 heavy (non-hydrogen) atoms. The number of ether oxygens (including phenoxy) is 4. The number of hydrogen-bond acceptors (Lipinski definition) is 5. The van der Waals surface area contributed by atoms with Crippen molar-refractivity contribution in [1.29, 1.82) is 0 Å². The molecule has 148 valence electrons. The lowest BCUT2D eigenvalue weighted by molar-refractivity contribution is -0.282. The van der Waals surface area contributed by atoms with Crippen LogP contribution in [0.1, 0.15) is 19.4 Å². The van der Waals surface area contributed by atoms with Gasteiger partial charge in [-0.3, -0.25) is 0 Å². The molecule has 4 heterocycles. The summed E-state index contributed by atoms with van der Waals surface area (Å²) in [5, 5.41) is 0. The maximum absolute atomic E-state index is 14.0. The third-order valence-electron chi connectivity index (χ3n) is 6.09. The normalized spacial score (nSPS) is 39.4. The molecular weight excluding hydrogens is 365 g/mol. The Labute approximate surface area is 154 Å².